The van der Waals surface area contributed by atoms with E-state index in [-0.39, 0.29) is 29.7 Å². The second kappa shape index (κ2) is 9.45. The number of likely N-dealkylation sites (N-methyl/N-ethyl adjacent to an activating group) is 1. The van der Waals surface area contributed by atoms with Gasteiger partial charge in [0, 0.05) is 19.7 Å². The van der Waals surface area contributed by atoms with Crippen molar-refractivity contribution >= 4 is 23.6 Å². The highest BCUT2D eigenvalue weighted by molar-refractivity contribution is 7.99. The molecule has 0 saturated heterocycles. The van der Waals surface area contributed by atoms with Gasteiger partial charge in [-0.25, -0.2) is 0 Å². The SMILES string of the molecule is CC[C@H](NC(=O)[C@H](C)SC)c1ccccc1OCC(=O)N(C)C. The summed E-state index contributed by atoms with van der Waals surface area (Å²) >= 11 is 1.51. The summed E-state index contributed by atoms with van der Waals surface area (Å²) in [4.78, 5) is 25.3. The third-order valence-electron chi connectivity index (χ3n) is 3.59. The van der Waals surface area contributed by atoms with Crippen molar-refractivity contribution in [3.8, 4) is 5.75 Å². The van der Waals surface area contributed by atoms with E-state index >= 15 is 0 Å². The van der Waals surface area contributed by atoms with Crippen molar-refractivity contribution in [3.63, 3.8) is 0 Å². The van der Waals surface area contributed by atoms with Gasteiger partial charge >= 0.3 is 0 Å². The highest BCUT2D eigenvalue weighted by Crippen LogP contribution is 2.27. The van der Waals surface area contributed by atoms with Crippen LogP contribution in [0.3, 0.4) is 0 Å². The molecule has 1 aromatic carbocycles. The Morgan fingerprint density at radius 2 is 1.96 bits per heavy atom. The van der Waals surface area contributed by atoms with Gasteiger partial charge in [-0.2, -0.15) is 11.8 Å². The first-order valence-corrected chi connectivity index (χ1v) is 8.94. The highest BCUT2D eigenvalue weighted by atomic mass is 32.2. The molecule has 23 heavy (non-hydrogen) atoms. The van der Waals surface area contributed by atoms with E-state index in [1.165, 1.54) is 16.7 Å². The number of nitrogens with zero attached hydrogens (tertiary/aromatic N) is 1. The van der Waals surface area contributed by atoms with E-state index in [1.54, 1.807) is 14.1 Å². The molecule has 5 nitrogen and oxygen atoms in total. The molecule has 0 heterocycles. The maximum absolute atomic E-state index is 12.1. The van der Waals surface area contributed by atoms with E-state index in [2.05, 4.69) is 5.32 Å². The predicted octanol–water partition coefficient (Wildman–Crippen LogP) is 2.47. The van der Waals surface area contributed by atoms with Crippen molar-refractivity contribution in [2.45, 2.75) is 31.6 Å². The first kappa shape index (κ1) is 19.4. The molecule has 0 aliphatic heterocycles. The molecule has 0 saturated carbocycles. The van der Waals surface area contributed by atoms with Gasteiger partial charge in [-0.1, -0.05) is 25.1 Å². The van der Waals surface area contributed by atoms with Gasteiger partial charge in [0.05, 0.1) is 11.3 Å². The number of benzene rings is 1. The molecule has 2 amide bonds. The zero-order valence-electron chi connectivity index (χ0n) is 14.5. The summed E-state index contributed by atoms with van der Waals surface area (Å²) in [5.74, 6) is 0.531. The van der Waals surface area contributed by atoms with Gasteiger partial charge < -0.3 is 15.0 Å². The fourth-order valence-electron chi connectivity index (χ4n) is 1.96. The largest absolute Gasteiger partial charge is 0.483 e. The minimum absolute atomic E-state index is 0.00326. The summed E-state index contributed by atoms with van der Waals surface area (Å²) in [6.45, 7) is 3.87. The van der Waals surface area contributed by atoms with Crippen molar-refractivity contribution < 1.29 is 14.3 Å². The number of amides is 2. The van der Waals surface area contributed by atoms with Crippen LogP contribution < -0.4 is 10.1 Å². The molecule has 0 aliphatic rings. The van der Waals surface area contributed by atoms with Crippen LogP contribution in [0.1, 0.15) is 31.9 Å². The predicted molar refractivity (Wildman–Crippen MR) is 94.8 cm³/mol. The zero-order valence-corrected chi connectivity index (χ0v) is 15.3. The molecule has 0 spiro atoms. The Morgan fingerprint density at radius 3 is 2.52 bits per heavy atom. The van der Waals surface area contributed by atoms with Gasteiger partial charge in [0.25, 0.3) is 5.91 Å². The molecule has 1 aromatic rings. The lowest BCUT2D eigenvalue weighted by Crippen LogP contribution is -2.34. The summed E-state index contributed by atoms with van der Waals surface area (Å²) in [5, 5.41) is 2.95. The zero-order chi connectivity index (χ0) is 17.4. The molecule has 0 fully saturated rings. The van der Waals surface area contributed by atoms with Crippen molar-refractivity contribution in [1.82, 2.24) is 10.2 Å². The molecular formula is C17H26N2O3S. The van der Waals surface area contributed by atoms with Crippen LogP contribution in [-0.4, -0.2) is 48.9 Å². The molecular weight excluding hydrogens is 312 g/mol. The highest BCUT2D eigenvalue weighted by Gasteiger charge is 2.20. The van der Waals surface area contributed by atoms with E-state index in [4.69, 9.17) is 4.74 Å². The number of rotatable bonds is 8. The Morgan fingerprint density at radius 1 is 1.30 bits per heavy atom. The molecule has 0 bridgehead atoms. The van der Waals surface area contributed by atoms with Crippen LogP contribution in [0.5, 0.6) is 5.75 Å². The first-order chi connectivity index (χ1) is 10.9. The Kier molecular flexibility index (Phi) is 7.95. The number of hydrogen-bond donors (Lipinski definition) is 1. The van der Waals surface area contributed by atoms with Gasteiger partial charge in [-0.3, -0.25) is 9.59 Å². The number of carbonyl (C=O) groups excluding carboxylic acids is 2. The number of nitrogens with one attached hydrogen (secondary N) is 1. The van der Waals surface area contributed by atoms with E-state index in [9.17, 15) is 9.59 Å². The normalized spacial score (nSPS) is 13.1. The van der Waals surface area contributed by atoms with Gasteiger partial charge in [0.1, 0.15) is 5.75 Å². The minimum atomic E-state index is -0.136. The van der Waals surface area contributed by atoms with Crippen LogP contribution in [0.4, 0.5) is 0 Å². The lowest BCUT2D eigenvalue weighted by atomic mass is 10.0. The van der Waals surface area contributed by atoms with E-state index in [0.29, 0.717) is 5.75 Å². The Hall–Kier alpha value is -1.69. The van der Waals surface area contributed by atoms with Crippen molar-refractivity contribution in [2.24, 2.45) is 0 Å². The molecule has 6 heteroatoms. The molecule has 128 valence electrons. The Bertz CT molecular complexity index is 534. The van der Waals surface area contributed by atoms with E-state index < -0.39 is 0 Å². The summed E-state index contributed by atoms with van der Waals surface area (Å²) in [5.41, 5.74) is 0.892. The fraction of sp³-hybridized carbons (Fsp3) is 0.529. The van der Waals surface area contributed by atoms with E-state index in [1.807, 2.05) is 44.4 Å². The molecule has 0 aliphatic carbocycles. The number of thioether (sulfide) groups is 1. The number of carbonyl (C=O) groups is 2. The van der Waals surface area contributed by atoms with Crippen LogP contribution in [0.25, 0.3) is 0 Å². The van der Waals surface area contributed by atoms with Crippen LogP contribution in [0, 0.1) is 0 Å². The topological polar surface area (TPSA) is 58.6 Å². The maximum Gasteiger partial charge on any atom is 0.259 e. The molecule has 1 N–H and O–H groups in total. The summed E-state index contributed by atoms with van der Waals surface area (Å²) < 4.78 is 5.66. The monoisotopic (exact) mass is 338 g/mol. The standard InChI is InChI=1S/C17H26N2O3S/c1-6-14(18-17(21)12(2)23-5)13-9-7-8-10-15(13)22-11-16(20)19(3)4/h7-10,12,14H,6,11H2,1-5H3,(H,18,21)/t12-,14-/m0/s1. The van der Waals surface area contributed by atoms with Gasteiger partial charge in [0.2, 0.25) is 5.91 Å². The average Bonchev–Trinajstić information content (AvgIpc) is 2.56. The minimum Gasteiger partial charge on any atom is -0.483 e. The Balaban J connectivity index is 2.88. The number of hydrogen-bond acceptors (Lipinski definition) is 4. The van der Waals surface area contributed by atoms with Crippen LogP contribution in [0.2, 0.25) is 0 Å². The third kappa shape index (κ3) is 5.78. The molecule has 1 rings (SSSR count). The van der Waals surface area contributed by atoms with Crippen molar-refractivity contribution in [3.05, 3.63) is 29.8 Å². The van der Waals surface area contributed by atoms with Gasteiger partial charge in [0.15, 0.2) is 6.61 Å². The second-order valence-corrected chi connectivity index (χ2v) is 6.64. The fourth-order valence-corrected chi connectivity index (χ4v) is 2.25. The molecule has 0 unspecified atom stereocenters. The maximum atomic E-state index is 12.1. The number of ether oxygens (including phenoxy) is 1. The molecule has 2 atom stereocenters. The van der Waals surface area contributed by atoms with Crippen LogP contribution in [-0.2, 0) is 9.59 Å². The van der Waals surface area contributed by atoms with Crippen molar-refractivity contribution in [2.75, 3.05) is 27.0 Å². The number of para-hydroxylation sites is 1. The van der Waals surface area contributed by atoms with Crippen molar-refractivity contribution in [1.29, 1.82) is 0 Å². The molecule has 0 radical (unpaired) electrons. The second-order valence-electron chi connectivity index (χ2n) is 5.46. The summed E-state index contributed by atoms with van der Waals surface area (Å²) in [6.07, 6.45) is 2.66. The lowest BCUT2D eigenvalue weighted by Gasteiger charge is -2.22. The first-order valence-electron chi connectivity index (χ1n) is 7.65. The van der Waals surface area contributed by atoms with Crippen LogP contribution in [0.15, 0.2) is 24.3 Å². The van der Waals surface area contributed by atoms with Crippen LogP contribution >= 0.6 is 11.8 Å². The average molecular weight is 338 g/mol. The smallest absolute Gasteiger partial charge is 0.259 e. The summed E-state index contributed by atoms with van der Waals surface area (Å²) in [7, 11) is 3.38. The van der Waals surface area contributed by atoms with Gasteiger partial charge in [-0.15, -0.1) is 0 Å². The van der Waals surface area contributed by atoms with Gasteiger partial charge in [-0.05, 0) is 25.7 Å². The Labute approximate surface area is 142 Å². The third-order valence-corrected chi connectivity index (χ3v) is 4.51. The lowest BCUT2D eigenvalue weighted by molar-refractivity contribution is -0.130. The summed E-state index contributed by atoms with van der Waals surface area (Å²) in [6, 6.07) is 7.38. The quantitative estimate of drug-likeness (QED) is 0.791. The van der Waals surface area contributed by atoms with E-state index in [0.717, 1.165) is 12.0 Å². The molecule has 0 aromatic heterocycles.